The van der Waals surface area contributed by atoms with Gasteiger partial charge in [-0.3, -0.25) is 4.79 Å². The Morgan fingerprint density at radius 1 is 1.40 bits per heavy atom. The van der Waals surface area contributed by atoms with Crippen molar-refractivity contribution >= 4 is 11.6 Å². The minimum atomic E-state index is -0.0336. The van der Waals surface area contributed by atoms with E-state index >= 15 is 0 Å². The molecule has 0 saturated carbocycles. The van der Waals surface area contributed by atoms with E-state index in [0.29, 0.717) is 0 Å². The Morgan fingerprint density at radius 3 is 2.87 bits per heavy atom. The fourth-order valence-corrected chi connectivity index (χ4v) is 1.37. The van der Waals surface area contributed by atoms with Gasteiger partial charge in [0, 0.05) is 19.2 Å². The summed E-state index contributed by atoms with van der Waals surface area (Å²) in [5.41, 5.74) is 2.05. The smallest absolute Gasteiger partial charge is 0.221 e. The predicted molar refractivity (Wildman–Crippen MR) is 62.7 cm³/mol. The van der Waals surface area contributed by atoms with Crippen molar-refractivity contribution < 1.29 is 4.79 Å². The van der Waals surface area contributed by atoms with Crippen LogP contribution in [-0.2, 0) is 11.3 Å². The van der Waals surface area contributed by atoms with Gasteiger partial charge in [0.2, 0.25) is 5.91 Å². The summed E-state index contributed by atoms with van der Waals surface area (Å²) in [6.07, 6.45) is 1.13. The van der Waals surface area contributed by atoms with Crippen molar-refractivity contribution in [2.75, 3.05) is 11.9 Å². The first-order chi connectivity index (χ1) is 7.22. The van der Waals surface area contributed by atoms with Crippen molar-refractivity contribution in [2.45, 2.75) is 26.8 Å². The van der Waals surface area contributed by atoms with Crippen molar-refractivity contribution in [1.82, 2.24) is 5.32 Å². The summed E-state index contributed by atoms with van der Waals surface area (Å²) in [5.74, 6) is -0.0336. The van der Waals surface area contributed by atoms with Crippen LogP contribution in [0.5, 0.6) is 0 Å². The van der Waals surface area contributed by atoms with Crippen LogP contribution in [0.1, 0.15) is 25.8 Å². The lowest BCUT2D eigenvalue weighted by atomic mass is 10.2. The molecule has 0 radical (unpaired) electrons. The molecule has 0 spiro atoms. The highest BCUT2D eigenvalue weighted by atomic mass is 16.1. The van der Waals surface area contributed by atoms with Crippen LogP contribution in [0.4, 0.5) is 5.69 Å². The molecule has 2 N–H and O–H groups in total. The quantitative estimate of drug-likeness (QED) is 0.725. The van der Waals surface area contributed by atoms with Crippen LogP contribution < -0.4 is 10.6 Å². The van der Waals surface area contributed by atoms with Crippen LogP contribution in [0.2, 0.25) is 0 Å². The molecule has 1 aromatic rings. The Labute approximate surface area is 90.9 Å². The summed E-state index contributed by atoms with van der Waals surface area (Å²) in [5, 5.41) is 6.09. The zero-order valence-corrected chi connectivity index (χ0v) is 9.34. The third-order valence-electron chi connectivity index (χ3n) is 2.00. The first-order valence-electron chi connectivity index (χ1n) is 5.29. The Hall–Kier alpha value is -1.35. The molecule has 3 heteroatoms. The van der Waals surface area contributed by atoms with Crippen molar-refractivity contribution in [3.05, 3.63) is 29.8 Å². The zero-order valence-electron chi connectivity index (χ0n) is 9.34. The molecule has 0 heterocycles. The van der Waals surface area contributed by atoms with E-state index in [0.717, 1.165) is 25.2 Å². The molecule has 0 aromatic heterocycles. The van der Waals surface area contributed by atoms with Crippen LogP contribution >= 0.6 is 0 Å². The number of hydrogen-bond acceptors (Lipinski definition) is 2. The maximum Gasteiger partial charge on any atom is 0.221 e. The van der Waals surface area contributed by atoms with Crippen molar-refractivity contribution in [2.24, 2.45) is 0 Å². The molecule has 0 saturated heterocycles. The van der Waals surface area contributed by atoms with Crippen LogP contribution in [0.15, 0.2) is 24.3 Å². The predicted octanol–water partition coefficient (Wildman–Crippen LogP) is 2.14. The monoisotopic (exact) mass is 206 g/mol. The van der Waals surface area contributed by atoms with Crippen molar-refractivity contribution in [1.29, 1.82) is 0 Å². The molecular formula is C12H18N2O. The molecule has 0 fully saturated rings. The zero-order chi connectivity index (χ0) is 11.1. The molecule has 0 aliphatic rings. The first kappa shape index (κ1) is 11.7. The number of hydrogen-bond donors (Lipinski definition) is 2. The molecule has 1 rings (SSSR count). The summed E-state index contributed by atoms with van der Waals surface area (Å²) in [7, 11) is 0. The summed E-state index contributed by atoms with van der Waals surface area (Å²) in [4.78, 5) is 10.9. The third-order valence-corrected chi connectivity index (χ3v) is 2.00. The van der Waals surface area contributed by atoms with Crippen molar-refractivity contribution in [3.63, 3.8) is 0 Å². The molecule has 1 aromatic carbocycles. The minimum Gasteiger partial charge on any atom is -0.326 e. The highest BCUT2D eigenvalue weighted by Gasteiger charge is 1.97. The van der Waals surface area contributed by atoms with E-state index in [9.17, 15) is 4.79 Å². The maximum atomic E-state index is 10.9. The number of amides is 1. The molecule has 3 nitrogen and oxygen atoms in total. The third kappa shape index (κ3) is 4.61. The largest absolute Gasteiger partial charge is 0.326 e. The van der Waals surface area contributed by atoms with Gasteiger partial charge in [0.25, 0.3) is 0 Å². The van der Waals surface area contributed by atoms with Gasteiger partial charge in [-0.25, -0.2) is 0 Å². The standard InChI is InChI=1S/C12H18N2O/c1-3-7-13-9-11-5-4-6-12(8-11)14-10(2)15/h4-6,8,13H,3,7,9H2,1-2H3,(H,14,15). The molecule has 15 heavy (non-hydrogen) atoms. The Bertz CT molecular complexity index is 323. The fourth-order valence-electron chi connectivity index (χ4n) is 1.37. The number of rotatable bonds is 5. The van der Waals surface area contributed by atoms with Gasteiger partial charge < -0.3 is 10.6 Å². The van der Waals surface area contributed by atoms with Gasteiger partial charge in [-0.05, 0) is 30.7 Å². The highest BCUT2D eigenvalue weighted by molar-refractivity contribution is 5.88. The molecule has 1 amide bonds. The molecule has 0 atom stereocenters. The second-order valence-electron chi connectivity index (χ2n) is 3.56. The maximum absolute atomic E-state index is 10.9. The van der Waals surface area contributed by atoms with E-state index in [4.69, 9.17) is 0 Å². The summed E-state index contributed by atoms with van der Waals surface area (Å²) < 4.78 is 0. The van der Waals surface area contributed by atoms with E-state index in [1.807, 2.05) is 24.3 Å². The lowest BCUT2D eigenvalue weighted by Crippen LogP contribution is -2.14. The second kappa shape index (κ2) is 6.19. The lowest BCUT2D eigenvalue weighted by Gasteiger charge is -2.06. The van der Waals surface area contributed by atoms with Gasteiger partial charge in [0.15, 0.2) is 0 Å². The van der Waals surface area contributed by atoms with Gasteiger partial charge in [-0.2, -0.15) is 0 Å². The summed E-state index contributed by atoms with van der Waals surface area (Å²) >= 11 is 0. The Kier molecular flexibility index (Phi) is 4.84. The van der Waals surface area contributed by atoms with Crippen molar-refractivity contribution in [3.8, 4) is 0 Å². The molecule has 0 aliphatic carbocycles. The summed E-state index contributed by atoms with van der Waals surface area (Å²) in [6, 6.07) is 7.89. The van der Waals surface area contributed by atoms with Crippen LogP contribution in [0.3, 0.4) is 0 Å². The van der Waals surface area contributed by atoms with E-state index < -0.39 is 0 Å². The lowest BCUT2D eigenvalue weighted by molar-refractivity contribution is -0.114. The Morgan fingerprint density at radius 2 is 2.20 bits per heavy atom. The fraction of sp³-hybridized carbons (Fsp3) is 0.417. The number of carbonyl (C=O) groups excluding carboxylic acids is 1. The van der Waals surface area contributed by atoms with Crippen LogP contribution in [0.25, 0.3) is 0 Å². The molecular weight excluding hydrogens is 188 g/mol. The molecule has 0 bridgehead atoms. The van der Waals surface area contributed by atoms with Gasteiger partial charge in [0.05, 0.1) is 0 Å². The van der Waals surface area contributed by atoms with E-state index in [-0.39, 0.29) is 5.91 Å². The minimum absolute atomic E-state index is 0.0336. The number of nitrogens with one attached hydrogen (secondary N) is 2. The van der Waals surface area contributed by atoms with Gasteiger partial charge in [-0.15, -0.1) is 0 Å². The average Bonchev–Trinajstić information content (AvgIpc) is 2.18. The average molecular weight is 206 g/mol. The SMILES string of the molecule is CCCNCc1cccc(NC(C)=O)c1. The van der Waals surface area contributed by atoms with E-state index in [2.05, 4.69) is 17.6 Å². The highest BCUT2D eigenvalue weighted by Crippen LogP contribution is 2.10. The number of anilines is 1. The Balaban J connectivity index is 2.53. The van der Waals surface area contributed by atoms with Gasteiger partial charge >= 0.3 is 0 Å². The van der Waals surface area contributed by atoms with E-state index in [1.165, 1.54) is 12.5 Å². The normalized spacial score (nSPS) is 10.0. The van der Waals surface area contributed by atoms with E-state index in [1.54, 1.807) is 0 Å². The number of carbonyl (C=O) groups is 1. The molecule has 0 aliphatic heterocycles. The summed E-state index contributed by atoms with van der Waals surface area (Å²) in [6.45, 7) is 5.52. The second-order valence-corrected chi connectivity index (χ2v) is 3.56. The van der Waals surface area contributed by atoms with Gasteiger partial charge in [-0.1, -0.05) is 19.1 Å². The topological polar surface area (TPSA) is 41.1 Å². The number of benzene rings is 1. The van der Waals surface area contributed by atoms with Crippen LogP contribution in [-0.4, -0.2) is 12.5 Å². The molecule has 82 valence electrons. The van der Waals surface area contributed by atoms with Crippen LogP contribution in [0, 0.1) is 0 Å². The van der Waals surface area contributed by atoms with Gasteiger partial charge in [0.1, 0.15) is 0 Å². The molecule has 0 unspecified atom stereocenters. The first-order valence-corrected chi connectivity index (χ1v) is 5.29.